The van der Waals surface area contributed by atoms with Crippen molar-refractivity contribution in [1.82, 2.24) is 0 Å². The van der Waals surface area contributed by atoms with E-state index in [0.717, 1.165) is 13.0 Å². The molecule has 0 aromatic carbocycles. The van der Waals surface area contributed by atoms with Crippen molar-refractivity contribution in [3.05, 3.63) is 0 Å². The molecule has 0 radical (unpaired) electrons. The van der Waals surface area contributed by atoms with Crippen LogP contribution in [0.4, 0.5) is 0 Å². The molecule has 0 N–H and O–H groups in total. The van der Waals surface area contributed by atoms with E-state index in [4.69, 9.17) is 4.74 Å². The number of ether oxygens (including phenoxy) is 1. The van der Waals surface area contributed by atoms with Gasteiger partial charge < -0.3 is 4.74 Å². The van der Waals surface area contributed by atoms with Crippen LogP contribution in [-0.2, 0) is 4.74 Å². The lowest BCUT2D eigenvalue weighted by Gasteiger charge is -2.21. The summed E-state index contributed by atoms with van der Waals surface area (Å²) in [4.78, 5) is 4.12. The number of hydrogen-bond donors (Lipinski definition) is 0. The second-order valence-corrected chi connectivity index (χ2v) is 2.91. The van der Waals surface area contributed by atoms with Gasteiger partial charge in [-0.25, -0.2) is 0 Å². The van der Waals surface area contributed by atoms with Crippen molar-refractivity contribution in [3.8, 4) is 0 Å². The van der Waals surface area contributed by atoms with Crippen LogP contribution in [0.1, 0.15) is 20.3 Å². The Morgan fingerprint density at radius 2 is 2.33 bits per heavy atom. The predicted octanol–water partition coefficient (Wildman–Crippen LogP) is 1.26. The number of hydrogen-bond acceptors (Lipinski definition) is 2. The molecule has 2 nitrogen and oxygen atoms in total. The third-order valence-corrected chi connectivity index (χ3v) is 1.52. The summed E-state index contributed by atoms with van der Waals surface area (Å²) in [7, 11) is 0. The van der Waals surface area contributed by atoms with Gasteiger partial charge in [0, 0.05) is 12.8 Å². The van der Waals surface area contributed by atoms with Gasteiger partial charge in [-0.1, -0.05) is 0 Å². The molecule has 52 valence electrons. The number of aliphatic imine (C=N–C) groups is 1. The first kappa shape index (κ1) is 6.75. The highest BCUT2D eigenvalue weighted by molar-refractivity contribution is 5.58. The van der Waals surface area contributed by atoms with Crippen molar-refractivity contribution in [2.45, 2.75) is 25.9 Å². The Balaban J connectivity index is 2.44. The maximum Gasteiger partial charge on any atom is 0.0821 e. The summed E-state index contributed by atoms with van der Waals surface area (Å²) < 4.78 is 5.44. The molecule has 0 atom stereocenters. The molecule has 0 saturated heterocycles. The zero-order chi connectivity index (χ0) is 6.74. The van der Waals surface area contributed by atoms with Crippen LogP contribution in [0.25, 0.3) is 0 Å². The molecule has 1 aliphatic rings. The Morgan fingerprint density at radius 1 is 1.56 bits per heavy atom. The van der Waals surface area contributed by atoms with Gasteiger partial charge in [0.15, 0.2) is 0 Å². The van der Waals surface area contributed by atoms with Crippen molar-refractivity contribution in [2.75, 3.05) is 13.2 Å². The normalized spacial score (nSPS) is 25.6. The Bertz CT molecular complexity index is 106. The molecule has 0 amide bonds. The zero-order valence-corrected chi connectivity index (χ0v) is 6.05. The van der Waals surface area contributed by atoms with Gasteiger partial charge in [-0.15, -0.1) is 0 Å². The fourth-order valence-corrected chi connectivity index (χ4v) is 0.813. The summed E-state index contributed by atoms with van der Waals surface area (Å²) in [5.74, 6) is 0. The first-order valence-corrected chi connectivity index (χ1v) is 3.33. The van der Waals surface area contributed by atoms with E-state index < -0.39 is 0 Å². The van der Waals surface area contributed by atoms with Crippen LogP contribution in [0, 0.1) is 0 Å². The second kappa shape index (κ2) is 2.48. The molecule has 0 bridgehead atoms. The summed E-state index contributed by atoms with van der Waals surface area (Å²) in [6.45, 7) is 5.78. The fourth-order valence-electron chi connectivity index (χ4n) is 0.813. The molecule has 2 heteroatoms. The first-order valence-electron chi connectivity index (χ1n) is 3.33. The molecule has 0 aromatic rings. The third kappa shape index (κ3) is 2.14. The van der Waals surface area contributed by atoms with Crippen LogP contribution < -0.4 is 0 Å². The Labute approximate surface area is 55.9 Å². The monoisotopic (exact) mass is 127 g/mol. The van der Waals surface area contributed by atoms with Gasteiger partial charge in [0.2, 0.25) is 0 Å². The summed E-state index contributed by atoms with van der Waals surface area (Å²) in [5.41, 5.74) is 0.0382. The van der Waals surface area contributed by atoms with Crippen molar-refractivity contribution in [2.24, 2.45) is 4.99 Å². The average Bonchev–Trinajstić information content (AvgIpc) is 1.92. The highest BCUT2D eigenvalue weighted by atomic mass is 16.5. The van der Waals surface area contributed by atoms with E-state index in [-0.39, 0.29) is 5.60 Å². The SMILES string of the molecule is CC1(C)CCN=CCO1. The molecule has 1 aliphatic heterocycles. The summed E-state index contributed by atoms with van der Waals surface area (Å²) in [6.07, 6.45) is 2.87. The highest BCUT2D eigenvalue weighted by Gasteiger charge is 2.18. The number of rotatable bonds is 0. The maximum atomic E-state index is 5.44. The van der Waals surface area contributed by atoms with Gasteiger partial charge in [-0.05, 0) is 20.3 Å². The lowest BCUT2D eigenvalue weighted by atomic mass is 10.1. The van der Waals surface area contributed by atoms with E-state index in [1.165, 1.54) is 0 Å². The van der Waals surface area contributed by atoms with Crippen molar-refractivity contribution >= 4 is 6.21 Å². The quantitative estimate of drug-likeness (QED) is 0.480. The Morgan fingerprint density at radius 3 is 3.11 bits per heavy atom. The van der Waals surface area contributed by atoms with Gasteiger partial charge >= 0.3 is 0 Å². The highest BCUT2D eigenvalue weighted by Crippen LogP contribution is 2.14. The summed E-state index contributed by atoms with van der Waals surface area (Å²) in [5, 5.41) is 0. The predicted molar refractivity (Wildman–Crippen MR) is 38.0 cm³/mol. The second-order valence-electron chi connectivity index (χ2n) is 2.91. The van der Waals surface area contributed by atoms with Gasteiger partial charge in [0.1, 0.15) is 0 Å². The van der Waals surface area contributed by atoms with Crippen LogP contribution in [0.5, 0.6) is 0 Å². The molecule has 9 heavy (non-hydrogen) atoms. The van der Waals surface area contributed by atoms with Crippen LogP contribution >= 0.6 is 0 Å². The zero-order valence-electron chi connectivity index (χ0n) is 6.05. The van der Waals surface area contributed by atoms with Crippen LogP contribution in [0.2, 0.25) is 0 Å². The third-order valence-electron chi connectivity index (χ3n) is 1.52. The van der Waals surface area contributed by atoms with Gasteiger partial charge in [-0.3, -0.25) is 4.99 Å². The molecular formula is C7H13NO. The van der Waals surface area contributed by atoms with Gasteiger partial charge in [-0.2, -0.15) is 0 Å². The molecule has 0 aromatic heterocycles. The van der Waals surface area contributed by atoms with E-state index in [2.05, 4.69) is 18.8 Å². The van der Waals surface area contributed by atoms with Gasteiger partial charge in [0.25, 0.3) is 0 Å². The molecule has 1 rings (SSSR count). The minimum atomic E-state index is 0.0382. The summed E-state index contributed by atoms with van der Waals surface area (Å²) >= 11 is 0. The van der Waals surface area contributed by atoms with Crippen molar-refractivity contribution < 1.29 is 4.74 Å². The molecule has 0 spiro atoms. The van der Waals surface area contributed by atoms with Crippen LogP contribution in [0.3, 0.4) is 0 Å². The Kier molecular flexibility index (Phi) is 1.86. The average molecular weight is 127 g/mol. The first-order chi connectivity index (χ1) is 4.21. The largest absolute Gasteiger partial charge is 0.370 e. The molecule has 0 fully saturated rings. The fraction of sp³-hybridized carbons (Fsp3) is 0.857. The van der Waals surface area contributed by atoms with E-state index in [9.17, 15) is 0 Å². The molecular weight excluding hydrogens is 114 g/mol. The lowest BCUT2D eigenvalue weighted by molar-refractivity contribution is 0.00567. The van der Waals surface area contributed by atoms with E-state index in [0.29, 0.717) is 6.61 Å². The van der Waals surface area contributed by atoms with Crippen molar-refractivity contribution in [1.29, 1.82) is 0 Å². The Hall–Kier alpha value is -0.370. The number of nitrogens with zero attached hydrogens (tertiary/aromatic N) is 1. The van der Waals surface area contributed by atoms with Crippen molar-refractivity contribution in [3.63, 3.8) is 0 Å². The minimum absolute atomic E-state index is 0.0382. The van der Waals surface area contributed by atoms with E-state index in [1.54, 1.807) is 0 Å². The molecule has 0 unspecified atom stereocenters. The van der Waals surface area contributed by atoms with Crippen LogP contribution in [-0.4, -0.2) is 25.0 Å². The molecule has 0 saturated carbocycles. The summed E-state index contributed by atoms with van der Waals surface area (Å²) in [6, 6.07) is 0. The smallest absolute Gasteiger partial charge is 0.0821 e. The minimum Gasteiger partial charge on any atom is -0.370 e. The van der Waals surface area contributed by atoms with Gasteiger partial charge in [0.05, 0.1) is 12.2 Å². The van der Waals surface area contributed by atoms with E-state index in [1.807, 2.05) is 6.21 Å². The lowest BCUT2D eigenvalue weighted by Crippen LogP contribution is -2.24. The van der Waals surface area contributed by atoms with Crippen LogP contribution in [0.15, 0.2) is 4.99 Å². The molecule has 1 heterocycles. The standard InChI is InChI=1S/C7H13NO/c1-7(2)3-4-8-5-6-9-7/h5H,3-4,6H2,1-2H3. The topological polar surface area (TPSA) is 21.6 Å². The van der Waals surface area contributed by atoms with E-state index >= 15 is 0 Å². The maximum absolute atomic E-state index is 5.44. The molecule has 0 aliphatic carbocycles.